The molecule has 1 N–H and O–H groups in total. The summed E-state index contributed by atoms with van der Waals surface area (Å²) in [5, 5.41) is 12.0. The summed E-state index contributed by atoms with van der Waals surface area (Å²) in [7, 11) is 0. The molecule has 1 aromatic rings. The third kappa shape index (κ3) is 2.43. The van der Waals surface area contributed by atoms with Crippen molar-refractivity contribution in [1.82, 2.24) is 9.97 Å². The summed E-state index contributed by atoms with van der Waals surface area (Å²) in [6, 6.07) is 2.01. The average molecular weight is 190 g/mol. The zero-order chi connectivity index (χ0) is 10.6. The van der Waals surface area contributed by atoms with Gasteiger partial charge in [0.2, 0.25) is 0 Å². The van der Waals surface area contributed by atoms with Crippen LogP contribution in [0.1, 0.15) is 32.9 Å². The van der Waals surface area contributed by atoms with Crippen molar-refractivity contribution in [3.05, 3.63) is 18.1 Å². The van der Waals surface area contributed by atoms with Crippen LogP contribution < -0.4 is 5.32 Å². The molecule has 0 aliphatic carbocycles. The maximum Gasteiger partial charge on any atom is 0.182 e. The molecule has 0 amide bonds. The maximum atomic E-state index is 8.80. The normalized spacial score (nSPS) is 10.7. The molecule has 1 aromatic heterocycles. The van der Waals surface area contributed by atoms with Crippen LogP contribution in [0.3, 0.4) is 0 Å². The van der Waals surface area contributed by atoms with Gasteiger partial charge in [0.15, 0.2) is 11.5 Å². The Morgan fingerprint density at radius 2 is 2.07 bits per heavy atom. The van der Waals surface area contributed by atoms with E-state index in [1.807, 2.05) is 6.07 Å². The topological polar surface area (TPSA) is 61.6 Å². The molecule has 0 saturated heterocycles. The first kappa shape index (κ1) is 10.5. The molecule has 0 fully saturated rings. The predicted molar refractivity (Wildman–Crippen MR) is 54.7 cm³/mol. The number of nitriles is 1. The standard InChI is InChI=1S/C10H14N4/c1-4-10(2,3)14-9-8(7-11)12-5-6-13-9/h5-6H,4H2,1-3H3,(H,13,14). The summed E-state index contributed by atoms with van der Waals surface area (Å²) < 4.78 is 0. The van der Waals surface area contributed by atoms with Gasteiger partial charge in [-0.15, -0.1) is 0 Å². The van der Waals surface area contributed by atoms with Gasteiger partial charge in [-0.3, -0.25) is 0 Å². The van der Waals surface area contributed by atoms with E-state index < -0.39 is 0 Å². The van der Waals surface area contributed by atoms with Crippen LogP contribution in [0.2, 0.25) is 0 Å². The number of rotatable bonds is 3. The van der Waals surface area contributed by atoms with Gasteiger partial charge in [0.1, 0.15) is 6.07 Å². The Bertz CT molecular complexity index is 351. The van der Waals surface area contributed by atoms with Crippen LogP contribution in [-0.4, -0.2) is 15.5 Å². The fourth-order valence-electron chi connectivity index (χ4n) is 0.920. The largest absolute Gasteiger partial charge is 0.363 e. The molecule has 4 heteroatoms. The lowest BCUT2D eigenvalue weighted by Gasteiger charge is -2.25. The van der Waals surface area contributed by atoms with Gasteiger partial charge in [-0.25, -0.2) is 9.97 Å². The van der Waals surface area contributed by atoms with Crippen molar-refractivity contribution in [1.29, 1.82) is 5.26 Å². The molecular formula is C10H14N4. The highest BCUT2D eigenvalue weighted by Crippen LogP contribution is 2.17. The summed E-state index contributed by atoms with van der Waals surface area (Å²) in [6.07, 6.45) is 4.05. The molecule has 0 aromatic carbocycles. The molecule has 0 unspecified atom stereocenters. The van der Waals surface area contributed by atoms with Gasteiger partial charge in [-0.1, -0.05) is 6.92 Å². The lowest BCUT2D eigenvalue weighted by molar-refractivity contribution is 0.544. The summed E-state index contributed by atoms with van der Waals surface area (Å²) in [5.74, 6) is 0.557. The van der Waals surface area contributed by atoms with Crippen molar-refractivity contribution in [2.75, 3.05) is 5.32 Å². The van der Waals surface area contributed by atoms with E-state index in [1.54, 1.807) is 6.20 Å². The Hall–Kier alpha value is -1.63. The molecule has 0 radical (unpaired) electrons. The van der Waals surface area contributed by atoms with Crippen LogP contribution >= 0.6 is 0 Å². The van der Waals surface area contributed by atoms with E-state index in [4.69, 9.17) is 5.26 Å². The van der Waals surface area contributed by atoms with E-state index in [-0.39, 0.29) is 5.54 Å². The number of nitrogens with zero attached hydrogens (tertiary/aromatic N) is 3. The summed E-state index contributed by atoms with van der Waals surface area (Å²) >= 11 is 0. The molecule has 0 aliphatic rings. The molecule has 0 spiro atoms. The molecular weight excluding hydrogens is 176 g/mol. The Balaban J connectivity index is 2.92. The molecule has 1 rings (SSSR count). The number of hydrogen-bond acceptors (Lipinski definition) is 4. The van der Waals surface area contributed by atoms with E-state index in [1.165, 1.54) is 6.20 Å². The Kier molecular flexibility index (Phi) is 3.03. The van der Waals surface area contributed by atoms with E-state index in [0.29, 0.717) is 11.5 Å². The first-order valence-electron chi connectivity index (χ1n) is 4.58. The van der Waals surface area contributed by atoms with Gasteiger partial charge in [-0.05, 0) is 20.3 Å². The van der Waals surface area contributed by atoms with Crippen molar-refractivity contribution in [3.8, 4) is 6.07 Å². The second-order valence-corrected chi connectivity index (χ2v) is 3.73. The fraction of sp³-hybridized carbons (Fsp3) is 0.500. The van der Waals surface area contributed by atoms with E-state index in [0.717, 1.165) is 6.42 Å². The van der Waals surface area contributed by atoms with Crippen LogP contribution in [0.5, 0.6) is 0 Å². The second-order valence-electron chi connectivity index (χ2n) is 3.73. The van der Waals surface area contributed by atoms with Gasteiger partial charge in [-0.2, -0.15) is 5.26 Å². The van der Waals surface area contributed by atoms with Gasteiger partial charge >= 0.3 is 0 Å². The second kappa shape index (κ2) is 4.05. The lowest BCUT2D eigenvalue weighted by atomic mass is 10.0. The first-order valence-corrected chi connectivity index (χ1v) is 4.58. The highest BCUT2D eigenvalue weighted by atomic mass is 15.1. The number of aromatic nitrogens is 2. The average Bonchev–Trinajstić information content (AvgIpc) is 2.18. The molecule has 0 saturated carbocycles. The number of nitrogens with one attached hydrogen (secondary N) is 1. The Morgan fingerprint density at radius 3 is 2.64 bits per heavy atom. The number of anilines is 1. The smallest absolute Gasteiger partial charge is 0.182 e. The van der Waals surface area contributed by atoms with Crippen LogP contribution in [0.4, 0.5) is 5.82 Å². The van der Waals surface area contributed by atoms with Crippen LogP contribution in [0.15, 0.2) is 12.4 Å². The fourth-order valence-corrected chi connectivity index (χ4v) is 0.920. The summed E-state index contributed by atoms with van der Waals surface area (Å²) in [5.41, 5.74) is 0.274. The Morgan fingerprint density at radius 1 is 1.43 bits per heavy atom. The van der Waals surface area contributed by atoms with Crippen molar-refractivity contribution in [2.24, 2.45) is 0 Å². The third-order valence-electron chi connectivity index (χ3n) is 2.14. The van der Waals surface area contributed by atoms with E-state index in [9.17, 15) is 0 Å². The SMILES string of the molecule is CCC(C)(C)Nc1nccnc1C#N. The summed E-state index contributed by atoms with van der Waals surface area (Å²) in [6.45, 7) is 6.20. The van der Waals surface area contributed by atoms with E-state index in [2.05, 4.69) is 36.1 Å². The third-order valence-corrected chi connectivity index (χ3v) is 2.14. The molecule has 4 nitrogen and oxygen atoms in total. The molecule has 74 valence electrons. The zero-order valence-electron chi connectivity index (χ0n) is 8.70. The van der Waals surface area contributed by atoms with Crippen molar-refractivity contribution < 1.29 is 0 Å². The molecule has 0 bridgehead atoms. The highest BCUT2D eigenvalue weighted by molar-refractivity contribution is 5.48. The van der Waals surface area contributed by atoms with Gasteiger partial charge in [0.25, 0.3) is 0 Å². The molecule has 1 heterocycles. The van der Waals surface area contributed by atoms with Crippen molar-refractivity contribution in [2.45, 2.75) is 32.7 Å². The van der Waals surface area contributed by atoms with Gasteiger partial charge < -0.3 is 5.32 Å². The van der Waals surface area contributed by atoms with Crippen LogP contribution in [0, 0.1) is 11.3 Å². The van der Waals surface area contributed by atoms with E-state index >= 15 is 0 Å². The monoisotopic (exact) mass is 190 g/mol. The molecule has 0 aliphatic heterocycles. The number of hydrogen-bond donors (Lipinski definition) is 1. The zero-order valence-corrected chi connectivity index (χ0v) is 8.70. The first-order chi connectivity index (χ1) is 6.59. The van der Waals surface area contributed by atoms with Crippen LogP contribution in [-0.2, 0) is 0 Å². The Labute approximate surface area is 84.0 Å². The molecule has 14 heavy (non-hydrogen) atoms. The molecule has 0 atom stereocenters. The van der Waals surface area contributed by atoms with Crippen molar-refractivity contribution >= 4 is 5.82 Å². The summed E-state index contributed by atoms with van der Waals surface area (Å²) in [4.78, 5) is 8.02. The quantitative estimate of drug-likeness (QED) is 0.791. The van der Waals surface area contributed by atoms with Crippen LogP contribution in [0.25, 0.3) is 0 Å². The van der Waals surface area contributed by atoms with Crippen molar-refractivity contribution in [3.63, 3.8) is 0 Å². The lowest BCUT2D eigenvalue weighted by Crippen LogP contribution is -2.30. The maximum absolute atomic E-state index is 8.80. The minimum Gasteiger partial charge on any atom is -0.363 e. The highest BCUT2D eigenvalue weighted by Gasteiger charge is 2.17. The minimum atomic E-state index is -0.0678. The van der Waals surface area contributed by atoms with Gasteiger partial charge in [0, 0.05) is 17.9 Å². The predicted octanol–water partition coefficient (Wildman–Crippen LogP) is 1.95. The minimum absolute atomic E-state index is 0.0678. The van der Waals surface area contributed by atoms with Gasteiger partial charge in [0.05, 0.1) is 0 Å².